The van der Waals surface area contributed by atoms with Crippen LogP contribution in [0.2, 0.25) is 0 Å². The molecule has 0 aliphatic carbocycles. The number of hydrogen-bond acceptors (Lipinski definition) is 3. The summed E-state index contributed by atoms with van der Waals surface area (Å²) in [6.07, 6.45) is 0. The van der Waals surface area contributed by atoms with Gasteiger partial charge < -0.3 is 15.7 Å². The van der Waals surface area contributed by atoms with E-state index >= 15 is 0 Å². The zero-order chi connectivity index (χ0) is 16.1. The zero-order valence-corrected chi connectivity index (χ0v) is 13.1. The topological polar surface area (TPSA) is 78.4 Å². The molecule has 1 aromatic carbocycles. The summed E-state index contributed by atoms with van der Waals surface area (Å²) in [4.78, 5) is 23.4. The summed E-state index contributed by atoms with van der Waals surface area (Å²) in [5.74, 6) is -0.517. The number of benzene rings is 1. The van der Waals surface area contributed by atoms with E-state index in [4.69, 9.17) is 0 Å². The van der Waals surface area contributed by atoms with E-state index in [1.165, 1.54) is 0 Å². The predicted molar refractivity (Wildman–Crippen MR) is 81.5 cm³/mol. The first-order chi connectivity index (χ1) is 9.63. The van der Waals surface area contributed by atoms with Gasteiger partial charge in [-0.2, -0.15) is 0 Å². The highest BCUT2D eigenvalue weighted by Crippen LogP contribution is 2.18. The van der Waals surface area contributed by atoms with Crippen LogP contribution in [0.1, 0.15) is 33.3 Å². The van der Waals surface area contributed by atoms with Gasteiger partial charge in [-0.1, -0.05) is 51.1 Å². The van der Waals surface area contributed by atoms with Crippen molar-refractivity contribution in [3.8, 4) is 0 Å². The van der Waals surface area contributed by atoms with Crippen molar-refractivity contribution >= 4 is 11.8 Å². The van der Waals surface area contributed by atoms with Crippen molar-refractivity contribution in [1.29, 1.82) is 0 Å². The Kier molecular flexibility index (Phi) is 5.49. The van der Waals surface area contributed by atoms with Crippen LogP contribution in [-0.2, 0) is 15.2 Å². The van der Waals surface area contributed by atoms with Crippen molar-refractivity contribution in [2.45, 2.75) is 33.3 Å². The summed E-state index contributed by atoms with van der Waals surface area (Å²) in [6.45, 7) is 6.96. The molecule has 0 radical (unpaired) electrons. The second-order valence-corrected chi connectivity index (χ2v) is 6.35. The molecule has 0 aliphatic heterocycles. The van der Waals surface area contributed by atoms with Gasteiger partial charge in [-0.25, -0.2) is 0 Å². The van der Waals surface area contributed by atoms with E-state index in [9.17, 15) is 14.7 Å². The van der Waals surface area contributed by atoms with Gasteiger partial charge >= 0.3 is 0 Å². The smallest absolute Gasteiger partial charge is 0.239 e. The molecule has 1 rings (SSSR count). The molecule has 1 atom stereocenters. The van der Waals surface area contributed by atoms with E-state index in [1.54, 1.807) is 39.8 Å². The molecule has 116 valence electrons. The third kappa shape index (κ3) is 5.55. The number of carbonyl (C=O) groups excluding carboxylic acids is 2. The molecular formula is C16H24N2O3. The van der Waals surface area contributed by atoms with Crippen molar-refractivity contribution < 1.29 is 14.7 Å². The lowest BCUT2D eigenvalue weighted by molar-refractivity contribution is -0.131. The molecule has 0 fully saturated rings. The van der Waals surface area contributed by atoms with Gasteiger partial charge in [-0.05, 0) is 12.5 Å². The maximum absolute atomic E-state index is 11.7. The molecule has 2 amide bonds. The van der Waals surface area contributed by atoms with Gasteiger partial charge in [-0.15, -0.1) is 0 Å². The fourth-order valence-electron chi connectivity index (χ4n) is 1.66. The van der Waals surface area contributed by atoms with E-state index in [1.807, 2.05) is 18.2 Å². The number of rotatable bonds is 5. The quantitative estimate of drug-likeness (QED) is 0.762. The molecule has 3 N–H and O–H groups in total. The zero-order valence-electron chi connectivity index (χ0n) is 13.1. The Balaban J connectivity index is 2.45. The molecule has 0 spiro atoms. The molecule has 5 heteroatoms. The summed E-state index contributed by atoms with van der Waals surface area (Å²) >= 11 is 0. The maximum Gasteiger partial charge on any atom is 0.239 e. The fourth-order valence-corrected chi connectivity index (χ4v) is 1.66. The van der Waals surface area contributed by atoms with Crippen LogP contribution < -0.4 is 10.6 Å². The molecule has 1 aromatic rings. The first kappa shape index (κ1) is 17.2. The van der Waals surface area contributed by atoms with Gasteiger partial charge in [0.25, 0.3) is 0 Å². The van der Waals surface area contributed by atoms with Crippen molar-refractivity contribution in [2.75, 3.05) is 13.1 Å². The third-order valence-electron chi connectivity index (χ3n) is 3.12. The molecule has 0 aliphatic rings. The van der Waals surface area contributed by atoms with Crippen molar-refractivity contribution in [3.63, 3.8) is 0 Å². The van der Waals surface area contributed by atoms with Crippen LogP contribution in [0.3, 0.4) is 0 Å². The number of hydrogen-bond donors (Lipinski definition) is 3. The second-order valence-electron chi connectivity index (χ2n) is 6.35. The van der Waals surface area contributed by atoms with Crippen molar-refractivity contribution in [3.05, 3.63) is 35.9 Å². The van der Waals surface area contributed by atoms with Crippen LogP contribution in [0.4, 0.5) is 0 Å². The first-order valence-corrected chi connectivity index (χ1v) is 6.96. The minimum absolute atomic E-state index is 0.0846. The SMILES string of the molecule is CC(C)(C)C(=O)NCC(=O)NCC(C)(O)c1ccccc1. The van der Waals surface area contributed by atoms with E-state index in [0.29, 0.717) is 0 Å². The Hall–Kier alpha value is -1.88. The Bertz CT molecular complexity index is 490. The van der Waals surface area contributed by atoms with Gasteiger partial charge in [0.2, 0.25) is 11.8 Å². The van der Waals surface area contributed by atoms with Gasteiger partial charge in [0, 0.05) is 5.41 Å². The lowest BCUT2D eigenvalue weighted by atomic mass is 9.95. The normalized spacial score (nSPS) is 14.1. The highest BCUT2D eigenvalue weighted by atomic mass is 16.3. The lowest BCUT2D eigenvalue weighted by Gasteiger charge is -2.24. The number of aliphatic hydroxyl groups is 1. The van der Waals surface area contributed by atoms with Gasteiger partial charge in [0.15, 0.2) is 0 Å². The minimum Gasteiger partial charge on any atom is -0.384 e. The third-order valence-corrected chi connectivity index (χ3v) is 3.12. The van der Waals surface area contributed by atoms with Crippen LogP contribution in [0.25, 0.3) is 0 Å². The molecular weight excluding hydrogens is 268 g/mol. The summed E-state index contributed by atoms with van der Waals surface area (Å²) in [5.41, 5.74) is -0.954. The Morgan fingerprint density at radius 3 is 2.14 bits per heavy atom. The molecule has 0 heterocycles. The Morgan fingerprint density at radius 1 is 1.05 bits per heavy atom. The average molecular weight is 292 g/mol. The number of amides is 2. The fraction of sp³-hybridized carbons (Fsp3) is 0.500. The summed E-state index contributed by atoms with van der Waals surface area (Å²) in [5, 5.41) is 15.5. The molecule has 0 saturated heterocycles. The standard InChI is InChI=1S/C16H24N2O3/c1-15(2,3)14(20)17-10-13(19)18-11-16(4,21)12-8-6-5-7-9-12/h5-9,21H,10-11H2,1-4H3,(H,17,20)(H,18,19). The monoisotopic (exact) mass is 292 g/mol. The molecule has 0 saturated carbocycles. The maximum atomic E-state index is 11.7. The number of nitrogens with one attached hydrogen (secondary N) is 2. The van der Waals surface area contributed by atoms with Gasteiger partial charge in [0.1, 0.15) is 5.60 Å². The molecule has 0 aromatic heterocycles. The first-order valence-electron chi connectivity index (χ1n) is 6.96. The van der Waals surface area contributed by atoms with E-state index < -0.39 is 11.0 Å². The van der Waals surface area contributed by atoms with E-state index in [0.717, 1.165) is 5.56 Å². The minimum atomic E-state index is -1.15. The van der Waals surface area contributed by atoms with E-state index in [2.05, 4.69) is 10.6 Å². The van der Waals surface area contributed by atoms with Gasteiger partial charge in [-0.3, -0.25) is 9.59 Å². The Labute approximate surface area is 125 Å². The van der Waals surface area contributed by atoms with Crippen LogP contribution >= 0.6 is 0 Å². The van der Waals surface area contributed by atoms with Crippen molar-refractivity contribution in [1.82, 2.24) is 10.6 Å². The Morgan fingerprint density at radius 2 is 1.62 bits per heavy atom. The summed E-state index contributed by atoms with van der Waals surface area (Å²) in [6, 6.07) is 9.12. The lowest BCUT2D eigenvalue weighted by Crippen LogP contribution is -2.45. The van der Waals surface area contributed by atoms with E-state index in [-0.39, 0.29) is 24.9 Å². The largest absolute Gasteiger partial charge is 0.384 e. The van der Waals surface area contributed by atoms with Crippen LogP contribution in [0.5, 0.6) is 0 Å². The highest BCUT2D eigenvalue weighted by molar-refractivity contribution is 5.87. The van der Waals surface area contributed by atoms with Gasteiger partial charge in [0.05, 0.1) is 13.1 Å². The van der Waals surface area contributed by atoms with Crippen LogP contribution in [0.15, 0.2) is 30.3 Å². The summed E-state index contributed by atoms with van der Waals surface area (Å²) in [7, 11) is 0. The highest BCUT2D eigenvalue weighted by Gasteiger charge is 2.24. The second kappa shape index (κ2) is 6.72. The average Bonchev–Trinajstić information content (AvgIpc) is 2.42. The molecule has 0 bridgehead atoms. The van der Waals surface area contributed by atoms with Crippen LogP contribution in [-0.4, -0.2) is 30.0 Å². The molecule has 1 unspecified atom stereocenters. The summed E-state index contributed by atoms with van der Waals surface area (Å²) < 4.78 is 0. The molecule has 5 nitrogen and oxygen atoms in total. The number of carbonyl (C=O) groups is 2. The predicted octanol–water partition coefficient (Wildman–Crippen LogP) is 1.17. The van der Waals surface area contributed by atoms with Crippen LogP contribution in [0, 0.1) is 5.41 Å². The van der Waals surface area contributed by atoms with Crippen molar-refractivity contribution in [2.24, 2.45) is 5.41 Å². The molecule has 21 heavy (non-hydrogen) atoms.